The van der Waals surface area contributed by atoms with Crippen LogP contribution in [0, 0.1) is 0 Å². The minimum absolute atomic E-state index is 0.0516. The number of carbonyl (C=O) groups excluding carboxylic acids is 1. The smallest absolute Gasteiger partial charge is 0.229 e. The van der Waals surface area contributed by atoms with Gasteiger partial charge in [0.15, 0.2) is 0 Å². The van der Waals surface area contributed by atoms with Gasteiger partial charge in [0.1, 0.15) is 0 Å². The molecule has 2 aromatic rings. The molecule has 4 heteroatoms. The van der Waals surface area contributed by atoms with Crippen LogP contribution >= 0.6 is 11.3 Å². The van der Waals surface area contributed by atoms with Crippen LogP contribution in [0.1, 0.15) is 23.3 Å². The van der Waals surface area contributed by atoms with E-state index in [1.165, 1.54) is 31.5 Å². The Balaban J connectivity index is 1.58. The molecule has 1 N–H and O–H groups in total. The number of rotatable bonds is 5. The molecule has 0 bridgehead atoms. The molecule has 0 aliphatic carbocycles. The average Bonchev–Trinajstić information content (AvgIpc) is 3.12. The van der Waals surface area contributed by atoms with Crippen molar-refractivity contribution in [3.63, 3.8) is 0 Å². The molecule has 1 fully saturated rings. The van der Waals surface area contributed by atoms with Crippen molar-refractivity contribution in [3.8, 4) is 0 Å². The Morgan fingerprint density at radius 2 is 2.05 bits per heavy atom. The van der Waals surface area contributed by atoms with E-state index in [0.29, 0.717) is 6.42 Å². The van der Waals surface area contributed by atoms with Crippen molar-refractivity contribution in [1.82, 2.24) is 4.90 Å². The van der Waals surface area contributed by atoms with Crippen molar-refractivity contribution in [3.05, 3.63) is 52.2 Å². The highest BCUT2D eigenvalue weighted by atomic mass is 32.1. The Labute approximate surface area is 129 Å². The Kier molecular flexibility index (Phi) is 4.68. The van der Waals surface area contributed by atoms with Crippen LogP contribution in [0.5, 0.6) is 0 Å². The molecule has 3 nitrogen and oxygen atoms in total. The molecule has 21 heavy (non-hydrogen) atoms. The summed E-state index contributed by atoms with van der Waals surface area (Å²) < 4.78 is 0. The van der Waals surface area contributed by atoms with Gasteiger partial charge in [0.2, 0.25) is 5.91 Å². The number of nitrogens with zero attached hydrogens (tertiary/aromatic N) is 1. The van der Waals surface area contributed by atoms with E-state index in [-0.39, 0.29) is 5.91 Å². The fourth-order valence-electron chi connectivity index (χ4n) is 2.72. The van der Waals surface area contributed by atoms with Gasteiger partial charge in [0.05, 0.1) is 6.42 Å². The first-order valence-corrected chi connectivity index (χ1v) is 8.31. The molecule has 2 heterocycles. The number of carbonyl (C=O) groups is 1. The zero-order valence-electron chi connectivity index (χ0n) is 12.0. The molecule has 1 aliphatic rings. The Bertz CT molecular complexity index is 589. The molecular weight excluding hydrogens is 280 g/mol. The summed E-state index contributed by atoms with van der Waals surface area (Å²) in [5.74, 6) is 0.0516. The number of thiophene rings is 1. The van der Waals surface area contributed by atoms with E-state index in [4.69, 9.17) is 0 Å². The van der Waals surface area contributed by atoms with E-state index in [2.05, 4.69) is 22.3 Å². The number of benzene rings is 1. The maximum atomic E-state index is 12.0. The standard InChI is InChI=1S/C17H20N2OS/c20-17(12-16-7-4-10-21-16)18-15-6-3-5-14(11-15)13-19-8-1-2-9-19/h3-7,10-11H,1-2,8-9,12-13H2,(H,18,20). The number of hydrogen-bond donors (Lipinski definition) is 1. The molecule has 3 rings (SSSR count). The second kappa shape index (κ2) is 6.87. The number of likely N-dealkylation sites (tertiary alicyclic amines) is 1. The molecule has 0 saturated carbocycles. The van der Waals surface area contributed by atoms with E-state index >= 15 is 0 Å². The van der Waals surface area contributed by atoms with Gasteiger partial charge < -0.3 is 5.32 Å². The van der Waals surface area contributed by atoms with Crippen molar-refractivity contribution in [1.29, 1.82) is 0 Å². The summed E-state index contributed by atoms with van der Waals surface area (Å²) in [7, 11) is 0. The summed E-state index contributed by atoms with van der Waals surface area (Å²) in [5.41, 5.74) is 2.17. The monoisotopic (exact) mass is 300 g/mol. The van der Waals surface area contributed by atoms with Crippen LogP contribution in [0.3, 0.4) is 0 Å². The molecular formula is C17H20N2OS. The van der Waals surface area contributed by atoms with E-state index in [9.17, 15) is 4.79 Å². The summed E-state index contributed by atoms with van der Waals surface area (Å²) in [6.45, 7) is 3.36. The van der Waals surface area contributed by atoms with Crippen molar-refractivity contribution in [2.24, 2.45) is 0 Å². The SMILES string of the molecule is O=C(Cc1cccs1)Nc1cccc(CN2CCCC2)c1. The number of anilines is 1. The highest BCUT2D eigenvalue weighted by molar-refractivity contribution is 7.10. The van der Waals surface area contributed by atoms with Crippen LogP contribution in [0.25, 0.3) is 0 Å². The van der Waals surface area contributed by atoms with Crippen molar-refractivity contribution >= 4 is 22.9 Å². The Morgan fingerprint density at radius 1 is 1.19 bits per heavy atom. The lowest BCUT2D eigenvalue weighted by Gasteiger charge is -2.15. The van der Waals surface area contributed by atoms with Gasteiger partial charge in [-0.1, -0.05) is 18.2 Å². The largest absolute Gasteiger partial charge is 0.326 e. The van der Waals surface area contributed by atoms with Crippen molar-refractivity contribution < 1.29 is 4.79 Å². The van der Waals surface area contributed by atoms with Crippen LogP contribution in [-0.4, -0.2) is 23.9 Å². The van der Waals surface area contributed by atoms with Crippen LogP contribution < -0.4 is 5.32 Å². The molecule has 1 aromatic carbocycles. The van der Waals surface area contributed by atoms with E-state index in [1.54, 1.807) is 11.3 Å². The first kappa shape index (κ1) is 14.3. The fraction of sp³-hybridized carbons (Fsp3) is 0.353. The minimum atomic E-state index is 0.0516. The summed E-state index contributed by atoms with van der Waals surface area (Å²) in [4.78, 5) is 15.6. The van der Waals surface area contributed by atoms with E-state index in [1.807, 2.05) is 29.6 Å². The lowest BCUT2D eigenvalue weighted by molar-refractivity contribution is -0.115. The van der Waals surface area contributed by atoms with Crippen molar-refractivity contribution in [2.75, 3.05) is 18.4 Å². The van der Waals surface area contributed by atoms with Gasteiger partial charge in [-0.05, 0) is 55.1 Å². The highest BCUT2D eigenvalue weighted by Gasteiger charge is 2.12. The van der Waals surface area contributed by atoms with Gasteiger partial charge in [-0.3, -0.25) is 9.69 Å². The molecule has 0 spiro atoms. The van der Waals surface area contributed by atoms with Gasteiger partial charge in [0.25, 0.3) is 0 Å². The molecule has 0 unspecified atom stereocenters. The number of amides is 1. The summed E-state index contributed by atoms with van der Waals surface area (Å²) in [6, 6.07) is 12.2. The van der Waals surface area contributed by atoms with Gasteiger partial charge in [-0.2, -0.15) is 0 Å². The van der Waals surface area contributed by atoms with Gasteiger partial charge in [0, 0.05) is 17.1 Å². The first-order valence-electron chi connectivity index (χ1n) is 7.43. The van der Waals surface area contributed by atoms with Crippen molar-refractivity contribution in [2.45, 2.75) is 25.8 Å². The van der Waals surface area contributed by atoms with Crippen LogP contribution in [0.4, 0.5) is 5.69 Å². The third-order valence-corrected chi connectivity index (χ3v) is 4.61. The van der Waals surface area contributed by atoms with Gasteiger partial charge >= 0.3 is 0 Å². The quantitative estimate of drug-likeness (QED) is 0.916. The summed E-state index contributed by atoms with van der Waals surface area (Å²) in [5, 5.41) is 4.99. The zero-order chi connectivity index (χ0) is 14.5. The molecule has 0 atom stereocenters. The Hall–Kier alpha value is -1.65. The van der Waals surface area contributed by atoms with Gasteiger partial charge in [-0.15, -0.1) is 11.3 Å². The predicted molar refractivity (Wildman–Crippen MR) is 87.6 cm³/mol. The third kappa shape index (κ3) is 4.16. The number of hydrogen-bond acceptors (Lipinski definition) is 3. The predicted octanol–water partition coefficient (Wildman–Crippen LogP) is 3.53. The van der Waals surface area contributed by atoms with Crippen LogP contribution in [-0.2, 0) is 17.8 Å². The Morgan fingerprint density at radius 3 is 2.81 bits per heavy atom. The third-order valence-electron chi connectivity index (χ3n) is 3.73. The zero-order valence-corrected chi connectivity index (χ0v) is 12.9. The second-order valence-electron chi connectivity index (χ2n) is 5.49. The average molecular weight is 300 g/mol. The van der Waals surface area contributed by atoms with E-state index in [0.717, 1.165) is 17.1 Å². The molecule has 1 aliphatic heterocycles. The lowest BCUT2D eigenvalue weighted by Crippen LogP contribution is -2.18. The van der Waals surface area contributed by atoms with E-state index < -0.39 is 0 Å². The number of nitrogens with one attached hydrogen (secondary N) is 1. The molecule has 1 aromatic heterocycles. The molecule has 110 valence electrons. The summed E-state index contributed by atoms with van der Waals surface area (Å²) in [6.07, 6.45) is 3.06. The van der Waals surface area contributed by atoms with Crippen LogP contribution in [0.2, 0.25) is 0 Å². The first-order chi connectivity index (χ1) is 10.3. The van der Waals surface area contributed by atoms with Gasteiger partial charge in [-0.25, -0.2) is 0 Å². The topological polar surface area (TPSA) is 32.3 Å². The maximum absolute atomic E-state index is 12.0. The van der Waals surface area contributed by atoms with Crippen LogP contribution in [0.15, 0.2) is 41.8 Å². The highest BCUT2D eigenvalue weighted by Crippen LogP contribution is 2.17. The molecule has 1 amide bonds. The maximum Gasteiger partial charge on any atom is 0.229 e. The molecule has 1 saturated heterocycles. The second-order valence-corrected chi connectivity index (χ2v) is 6.52. The molecule has 0 radical (unpaired) electrons. The lowest BCUT2D eigenvalue weighted by atomic mass is 10.2. The summed E-state index contributed by atoms with van der Waals surface area (Å²) >= 11 is 1.62. The normalized spacial score (nSPS) is 15.2. The minimum Gasteiger partial charge on any atom is -0.326 e. The fourth-order valence-corrected chi connectivity index (χ4v) is 3.43.